The van der Waals surface area contributed by atoms with Crippen molar-refractivity contribution in [2.75, 3.05) is 0 Å². The van der Waals surface area contributed by atoms with Crippen LogP contribution >= 0.6 is 0 Å². The van der Waals surface area contributed by atoms with E-state index in [9.17, 15) is 4.80 Å². The number of hydrogen-bond acceptors (Lipinski definition) is 1. The Kier molecular flexibility index (Phi) is 6.57. The Morgan fingerprint density at radius 1 is 0.909 bits per heavy atom. The predicted octanol–water partition coefficient (Wildman–Crippen LogP) is 7.10. The molecule has 2 heteroatoms. The molecule has 0 spiro atoms. The van der Waals surface area contributed by atoms with Crippen LogP contribution in [0.25, 0.3) is 0 Å². The maximum Gasteiger partial charge on any atom is 0.258 e. The van der Waals surface area contributed by atoms with Crippen molar-refractivity contribution >= 4 is 18.7 Å². The molecular weight excluding hydrogens is 416 g/mol. The van der Waals surface area contributed by atoms with Gasteiger partial charge in [0.1, 0.15) is 0 Å². The van der Waals surface area contributed by atoms with Crippen molar-refractivity contribution in [2.24, 2.45) is 22.7 Å². The molecule has 0 heterocycles. The average molecular weight is 461 g/mol. The summed E-state index contributed by atoms with van der Waals surface area (Å²) in [4.78, 5) is 12.6. The highest BCUT2D eigenvalue weighted by Gasteiger charge is 2.54. The summed E-state index contributed by atoms with van der Waals surface area (Å²) in [5.41, 5.74) is 2.38. The van der Waals surface area contributed by atoms with Gasteiger partial charge in [0.05, 0.1) is 0 Å². The largest absolute Gasteiger partial charge is 0.424 e. The van der Waals surface area contributed by atoms with Gasteiger partial charge >= 0.3 is 0 Å². The van der Waals surface area contributed by atoms with Crippen LogP contribution in [-0.2, 0) is 0 Å². The van der Waals surface area contributed by atoms with Gasteiger partial charge in [-0.2, -0.15) is 0 Å². The number of fused-ring (bicyclic) bond motifs is 1. The first-order chi connectivity index (χ1) is 15.5. The number of rotatable bonds is 6. The minimum atomic E-state index is -2.95. The molecule has 2 aliphatic rings. The Hall–Kier alpha value is -1.64. The second-order valence-corrected chi connectivity index (χ2v) is 16.4. The van der Waals surface area contributed by atoms with Gasteiger partial charge in [-0.1, -0.05) is 113 Å². The van der Waals surface area contributed by atoms with Gasteiger partial charge in [0, 0.05) is 0 Å². The van der Waals surface area contributed by atoms with Gasteiger partial charge < -0.3 is 4.80 Å². The highest BCUT2D eigenvalue weighted by molar-refractivity contribution is 6.98. The van der Waals surface area contributed by atoms with Crippen molar-refractivity contribution in [3.63, 3.8) is 0 Å². The Labute approximate surface area is 203 Å². The van der Waals surface area contributed by atoms with Gasteiger partial charge in [0.15, 0.2) is 0 Å². The number of hydrogen-bond donors (Lipinski definition) is 1. The summed E-state index contributed by atoms with van der Waals surface area (Å²) in [5, 5.41) is 2.07. The predicted molar refractivity (Wildman–Crippen MR) is 144 cm³/mol. The SMILES string of the molecule is CC1=CCC2C(C)(C)CCC[C@]2(C)[C@H]1CCC(C)(C)[Si](O)(c1ccccc1)c1ccccc1. The zero-order valence-corrected chi connectivity index (χ0v) is 22.7. The Morgan fingerprint density at radius 2 is 1.45 bits per heavy atom. The first kappa shape index (κ1) is 24.5. The van der Waals surface area contributed by atoms with Crippen LogP contribution in [0.1, 0.15) is 80.1 Å². The molecule has 4 rings (SSSR count). The van der Waals surface area contributed by atoms with Gasteiger partial charge in [-0.25, -0.2) is 0 Å². The summed E-state index contributed by atoms with van der Waals surface area (Å²) in [7, 11) is -2.95. The molecule has 2 aromatic rings. The molecule has 0 saturated heterocycles. The van der Waals surface area contributed by atoms with Crippen LogP contribution in [0.15, 0.2) is 72.3 Å². The van der Waals surface area contributed by atoms with Crippen molar-refractivity contribution in [1.82, 2.24) is 0 Å². The topological polar surface area (TPSA) is 20.2 Å². The molecule has 0 amide bonds. The molecule has 1 unspecified atom stereocenters. The highest BCUT2D eigenvalue weighted by Crippen LogP contribution is 2.61. The summed E-state index contributed by atoms with van der Waals surface area (Å²) >= 11 is 0. The highest BCUT2D eigenvalue weighted by atomic mass is 28.4. The lowest BCUT2D eigenvalue weighted by atomic mass is 9.48. The monoisotopic (exact) mass is 460 g/mol. The van der Waals surface area contributed by atoms with Crippen LogP contribution in [0.4, 0.5) is 0 Å². The molecular formula is C31H44OSi. The van der Waals surface area contributed by atoms with E-state index in [1.165, 1.54) is 25.7 Å². The minimum absolute atomic E-state index is 0.177. The summed E-state index contributed by atoms with van der Waals surface area (Å²) in [5.74, 6) is 1.37. The van der Waals surface area contributed by atoms with Crippen LogP contribution in [0.3, 0.4) is 0 Å². The molecule has 178 valence electrons. The first-order valence-corrected chi connectivity index (χ1v) is 15.0. The van der Waals surface area contributed by atoms with Crippen LogP contribution in [0.2, 0.25) is 5.04 Å². The van der Waals surface area contributed by atoms with E-state index in [1.54, 1.807) is 5.57 Å². The summed E-state index contributed by atoms with van der Waals surface area (Å²) < 4.78 is 0. The summed E-state index contributed by atoms with van der Waals surface area (Å²) in [6, 6.07) is 21.0. The van der Waals surface area contributed by atoms with Gasteiger partial charge in [0.25, 0.3) is 8.32 Å². The molecule has 0 radical (unpaired) electrons. The molecule has 1 fully saturated rings. The lowest BCUT2D eigenvalue weighted by molar-refractivity contribution is -0.0402. The maximum atomic E-state index is 12.6. The zero-order valence-electron chi connectivity index (χ0n) is 21.7. The van der Waals surface area contributed by atoms with Crippen LogP contribution in [0.5, 0.6) is 0 Å². The minimum Gasteiger partial charge on any atom is -0.424 e. The second-order valence-electron chi connectivity index (χ2n) is 12.5. The van der Waals surface area contributed by atoms with Gasteiger partial charge in [0.2, 0.25) is 0 Å². The average Bonchev–Trinajstić information content (AvgIpc) is 2.78. The molecule has 0 aromatic heterocycles. The molecule has 33 heavy (non-hydrogen) atoms. The molecule has 1 saturated carbocycles. The van der Waals surface area contributed by atoms with E-state index in [0.717, 1.165) is 29.1 Å². The van der Waals surface area contributed by atoms with Crippen LogP contribution in [-0.4, -0.2) is 13.1 Å². The Morgan fingerprint density at radius 3 is 2.00 bits per heavy atom. The molecule has 0 bridgehead atoms. The van der Waals surface area contributed by atoms with Crippen molar-refractivity contribution in [2.45, 2.75) is 85.1 Å². The van der Waals surface area contributed by atoms with E-state index in [4.69, 9.17) is 0 Å². The van der Waals surface area contributed by atoms with Crippen molar-refractivity contribution in [3.05, 3.63) is 72.3 Å². The fourth-order valence-electron chi connectivity index (χ4n) is 7.69. The first-order valence-electron chi connectivity index (χ1n) is 13.0. The smallest absolute Gasteiger partial charge is 0.258 e. The third-order valence-electron chi connectivity index (χ3n) is 9.72. The summed E-state index contributed by atoms with van der Waals surface area (Å²) in [6.45, 7) is 14.6. The lowest BCUT2D eigenvalue weighted by Gasteiger charge is -2.57. The molecule has 2 aromatic carbocycles. The van der Waals surface area contributed by atoms with E-state index < -0.39 is 8.32 Å². The standard InChI is InChI=1S/C31H44OSi/c1-24-18-19-28-29(2,3)21-13-22-31(28,6)27(24)20-23-30(4,5)33(32,25-14-9-7-10-15-25)26-16-11-8-12-17-26/h7-12,14-18,27-28,32H,13,19-23H2,1-6H3/t27-,28?,31+/m0/s1. The molecule has 1 nitrogen and oxygen atoms in total. The van der Waals surface area contributed by atoms with E-state index in [0.29, 0.717) is 16.7 Å². The third kappa shape index (κ3) is 4.19. The van der Waals surface area contributed by atoms with Crippen molar-refractivity contribution in [3.8, 4) is 0 Å². The molecule has 3 atom stereocenters. The fourth-order valence-corrected chi connectivity index (χ4v) is 11.4. The normalized spacial score (nSPS) is 27.5. The quantitative estimate of drug-likeness (QED) is 0.360. The van der Waals surface area contributed by atoms with E-state index in [2.05, 4.69) is 108 Å². The number of benzene rings is 2. The molecule has 0 aliphatic heterocycles. The lowest BCUT2D eigenvalue weighted by Crippen LogP contribution is -2.65. The Balaban J connectivity index is 1.67. The van der Waals surface area contributed by atoms with E-state index in [-0.39, 0.29) is 5.04 Å². The van der Waals surface area contributed by atoms with Crippen molar-refractivity contribution < 1.29 is 4.80 Å². The zero-order chi connectivity index (χ0) is 23.9. The van der Waals surface area contributed by atoms with Crippen molar-refractivity contribution in [1.29, 1.82) is 0 Å². The van der Waals surface area contributed by atoms with Crippen LogP contribution < -0.4 is 10.4 Å². The second kappa shape index (κ2) is 8.85. The van der Waals surface area contributed by atoms with Gasteiger partial charge in [-0.15, -0.1) is 0 Å². The molecule has 1 N–H and O–H groups in total. The Bertz CT molecular complexity index is 935. The fraction of sp³-hybridized carbons (Fsp3) is 0.548. The van der Waals surface area contributed by atoms with Gasteiger partial charge in [-0.05, 0) is 77.1 Å². The maximum absolute atomic E-state index is 12.6. The van der Waals surface area contributed by atoms with Crippen LogP contribution in [0, 0.1) is 22.7 Å². The van der Waals surface area contributed by atoms with E-state index in [1.807, 2.05) is 0 Å². The van der Waals surface area contributed by atoms with E-state index >= 15 is 0 Å². The molecule has 2 aliphatic carbocycles. The third-order valence-corrected chi connectivity index (χ3v) is 14.3. The van der Waals surface area contributed by atoms with Gasteiger partial charge in [-0.3, -0.25) is 0 Å². The number of allylic oxidation sites excluding steroid dienone is 2. The summed E-state index contributed by atoms with van der Waals surface area (Å²) in [6.07, 6.45) is 10.0.